The van der Waals surface area contributed by atoms with Crippen LogP contribution in [0.2, 0.25) is 0 Å². The molecule has 0 aliphatic carbocycles. The van der Waals surface area contributed by atoms with E-state index in [4.69, 9.17) is 0 Å². The first-order valence-corrected chi connectivity index (χ1v) is 7.11. The first-order chi connectivity index (χ1) is 8.61. The van der Waals surface area contributed by atoms with Gasteiger partial charge >= 0.3 is 0 Å². The minimum atomic E-state index is 0.165. The molecular weight excluding hydrogens is 292 g/mol. The van der Waals surface area contributed by atoms with Crippen LogP contribution in [0.15, 0.2) is 22.7 Å². The van der Waals surface area contributed by atoms with E-state index in [0.717, 1.165) is 41.7 Å². The lowest BCUT2D eigenvalue weighted by molar-refractivity contribution is 0.0786. The van der Waals surface area contributed by atoms with Crippen molar-refractivity contribution in [3.05, 3.63) is 33.8 Å². The zero-order chi connectivity index (χ0) is 13.1. The first-order valence-electron chi connectivity index (χ1n) is 6.32. The monoisotopic (exact) mass is 310 g/mol. The van der Waals surface area contributed by atoms with E-state index < -0.39 is 0 Å². The summed E-state index contributed by atoms with van der Waals surface area (Å²) in [6.45, 7) is 4.72. The minimum absolute atomic E-state index is 0.165. The van der Waals surface area contributed by atoms with Crippen molar-refractivity contribution < 1.29 is 4.79 Å². The van der Waals surface area contributed by atoms with Crippen LogP contribution in [0.3, 0.4) is 0 Å². The Labute approximate surface area is 117 Å². The predicted octanol–water partition coefficient (Wildman–Crippen LogP) is 2.44. The molecule has 3 nitrogen and oxygen atoms in total. The molecule has 98 valence electrons. The molecule has 1 aromatic rings. The molecule has 4 heteroatoms. The molecule has 1 amide bonds. The van der Waals surface area contributed by atoms with E-state index in [1.165, 1.54) is 0 Å². The number of likely N-dealkylation sites (tertiary alicyclic amines) is 1. The third-order valence-corrected chi connectivity index (χ3v) is 3.98. The third-order valence-electron chi connectivity index (χ3n) is 3.48. The van der Waals surface area contributed by atoms with Crippen LogP contribution in [0, 0.1) is 12.8 Å². The molecular formula is C14H19BrN2O. The summed E-state index contributed by atoms with van der Waals surface area (Å²) >= 11 is 3.43. The molecule has 0 saturated carbocycles. The van der Waals surface area contributed by atoms with Crippen molar-refractivity contribution in [2.45, 2.75) is 13.3 Å². The van der Waals surface area contributed by atoms with Gasteiger partial charge in [-0.2, -0.15) is 0 Å². The molecule has 0 spiro atoms. The van der Waals surface area contributed by atoms with Gasteiger partial charge in [0, 0.05) is 23.1 Å². The highest BCUT2D eigenvalue weighted by molar-refractivity contribution is 9.10. The van der Waals surface area contributed by atoms with Crippen LogP contribution < -0.4 is 5.32 Å². The van der Waals surface area contributed by atoms with Crippen LogP contribution in [-0.2, 0) is 0 Å². The molecule has 1 atom stereocenters. The summed E-state index contributed by atoms with van der Waals surface area (Å²) in [5.41, 5.74) is 1.86. The fraction of sp³-hybridized carbons (Fsp3) is 0.500. The Morgan fingerprint density at radius 1 is 1.56 bits per heavy atom. The largest absolute Gasteiger partial charge is 0.338 e. The van der Waals surface area contributed by atoms with E-state index in [0.29, 0.717) is 5.92 Å². The summed E-state index contributed by atoms with van der Waals surface area (Å²) in [5, 5.41) is 3.18. The number of nitrogens with zero attached hydrogens (tertiary/aromatic N) is 1. The molecule has 2 rings (SSSR count). The van der Waals surface area contributed by atoms with Gasteiger partial charge in [0.05, 0.1) is 0 Å². The van der Waals surface area contributed by atoms with E-state index in [1.807, 2.05) is 37.1 Å². The number of hydrogen-bond acceptors (Lipinski definition) is 2. The number of halogens is 1. The van der Waals surface area contributed by atoms with Gasteiger partial charge in [0.15, 0.2) is 0 Å². The average Bonchev–Trinajstić information content (AvgIpc) is 2.77. The smallest absolute Gasteiger partial charge is 0.254 e. The maximum atomic E-state index is 12.4. The highest BCUT2D eigenvalue weighted by Gasteiger charge is 2.27. The molecule has 18 heavy (non-hydrogen) atoms. The van der Waals surface area contributed by atoms with E-state index in [9.17, 15) is 4.79 Å². The summed E-state index contributed by atoms with van der Waals surface area (Å²) in [4.78, 5) is 14.4. The second-order valence-electron chi connectivity index (χ2n) is 4.92. The van der Waals surface area contributed by atoms with Crippen LogP contribution in [0.25, 0.3) is 0 Å². The van der Waals surface area contributed by atoms with Crippen molar-refractivity contribution in [2.75, 3.05) is 26.7 Å². The molecule has 1 saturated heterocycles. The van der Waals surface area contributed by atoms with Crippen molar-refractivity contribution in [1.29, 1.82) is 0 Å². The fourth-order valence-electron chi connectivity index (χ4n) is 2.51. The standard InChI is InChI=1S/C14H19BrN2O/c1-10-7-12(15)3-4-13(10)14(18)17-6-5-11(9-17)8-16-2/h3-4,7,11,16H,5-6,8-9H2,1-2H3/t11-/m0/s1. The third kappa shape index (κ3) is 2.93. The second-order valence-corrected chi connectivity index (χ2v) is 5.84. The van der Waals surface area contributed by atoms with Gasteiger partial charge in [-0.25, -0.2) is 0 Å². The van der Waals surface area contributed by atoms with Crippen molar-refractivity contribution in [3.8, 4) is 0 Å². The van der Waals surface area contributed by atoms with Crippen LogP contribution in [-0.4, -0.2) is 37.5 Å². The van der Waals surface area contributed by atoms with Crippen molar-refractivity contribution in [3.63, 3.8) is 0 Å². The summed E-state index contributed by atoms with van der Waals surface area (Å²) in [6, 6.07) is 5.84. The number of amides is 1. The topological polar surface area (TPSA) is 32.3 Å². The molecule has 1 aliphatic heterocycles. The Bertz CT molecular complexity index is 447. The zero-order valence-corrected chi connectivity index (χ0v) is 12.5. The lowest BCUT2D eigenvalue weighted by Crippen LogP contribution is -2.30. The van der Waals surface area contributed by atoms with Gasteiger partial charge in [-0.15, -0.1) is 0 Å². The van der Waals surface area contributed by atoms with Crippen LogP contribution >= 0.6 is 15.9 Å². The van der Waals surface area contributed by atoms with Crippen molar-refractivity contribution >= 4 is 21.8 Å². The molecule has 1 N–H and O–H groups in total. The van der Waals surface area contributed by atoms with Crippen LogP contribution in [0.1, 0.15) is 22.3 Å². The fourth-order valence-corrected chi connectivity index (χ4v) is 2.99. The minimum Gasteiger partial charge on any atom is -0.338 e. The average molecular weight is 311 g/mol. The zero-order valence-electron chi connectivity index (χ0n) is 10.9. The van der Waals surface area contributed by atoms with Gasteiger partial charge in [-0.3, -0.25) is 4.79 Å². The molecule has 1 aromatic carbocycles. The summed E-state index contributed by atoms with van der Waals surface area (Å²) < 4.78 is 1.02. The number of nitrogens with one attached hydrogen (secondary N) is 1. The molecule has 1 fully saturated rings. The van der Waals surface area contributed by atoms with E-state index in [2.05, 4.69) is 21.2 Å². The van der Waals surface area contributed by atoms with Crippen LogP contribution in [0.4, 0.5) is 0 Å². The quantitative estimate of drug-likeness (QED) is 0.930. The van der Waals surface area contributed by atoms with Crippen molar-refractivity contribution in [2.24, 2.45) is 5.92 Å². The number of benzene rings is 1. The number of aryl methyl sites for hydroxylation is 1. The van der Waals surface area contributed by atoms with Gasteiger partial charge in [-0.1, -0.05) is 15.9 Å². The Morgan fingerprint density at radius 2 is 2.33 bits per heavy atom. The molecule has 1 heterocycles. The van der Waals surface area contributed by atoms with Crippen LogP contribution in [0.5, 0.6) is 0 Å². The normalized spacial score (nSPS) is 19.3. The number of carbonyl (C=O) groups is 1. The number of rotatable bonds is 3. The summed E-state index contributed by atoms with van der Waals surface area (Å²) in [5.74, 6) is 0.758. The van der Waals surface area contributed by atoms with E-state index in [1.54, 1.807) is 0 Å². The van der Waals surface area contributed by atoms with Crippen molar-refractivity contribution in [1.82, 2.24) is 10.2 Å². The van der Waals surface area contributed by atoms with Gasteiger partial charge in [0.1, 0.15) is 0 Å². The molecule has 0 aromatic heterocycles. The lowest BCUT2D eigenvalue weighted by Gasteiger charge is -2.18. The lowest BCUT2D eigenvalue weighted by atomic mass is 10.1. The molecule has 0 unspecified atom stereocenters. The Hall–Kier alpha value is -0.870. The molecule has 0 radical (unpaired) electrons. The van der Waals surface area contributed by atoms with Gasteiger partial charge in [0.25, 0.3) is 5.91 Å². The Kier molecular flexibility index (Phi) is 4.40. The van der Waals surface area contributed by atoms with Gasteiger partial charge in [0.2, 0.25) is 0 Å². The SMILES string of the molecule is CNC[C@@H]1CCN(C(=O)c2ccc(Br)cc2C)C1. The highest BCUT2D eigenvalue weighted by Crippen LogP contribution is 2.21. The maximum absolute atomic E-state index is 12.4. The second kappa shape index (κ2) is 5.85. The van der Waals surface area contributed by atoms with Gasteiger partial charge < -0.3 is 10.2 Å². The number of hydrogen-bond donors (Lipinski definition) is 1. The summed E-state index contributed by atoms with van der Waals surface area (Å²) in [7, 11) is 1.96. The van der Waals surface area contributed by atoms with E-state index >= 15 is 0 Å². The summed E-state index contributed by atoms with van der Waals surface area (Å²) in [6.07, 6.45) is 1.10. The highest BCUT2D eigenvalue weighted by atomic mass is 79.9. The first kappa shape index (κ1) is 13.6. The Balaban J connectivity index is 2.08. The molecule has 1 aliphatic rings. The number of carbonyl (C=O) groups excluding carboxylic acids is 1. The maximum Gasteiger partial charge on any atom is 0.254 e. The predicted molar refractivity (Wildman–Crippen MR) is 76.8 cm³/mol. The van der Waals surface area contributed by atoms with E-state index in [-0.39, 0.29) is 5.91 Å². The van der Waals surface area contributed by atoms with Gasteiger partial charge in [-0.05, 0) is 56.6 Å². The Morgan fingerprint density at radius 3 is 3.00 bits per heavy atom. The molecule has 0 bridgehead atoms.